The van der Waals surface area contributed by atoms with Crippen LogP contribution in [0.4, 0.5) is 4.39 Å². The number of likely N-dealkylation sites (tertiary alicyclic amines) is 1. The van der Waals surface area contributed by atoms with Gasteiger partial charge in [0.05, 0.1) is 0 Å². The van der Waals surface area contributed by atoms with Crippen molar-refractivity contribution in [1.82, 2.24) is 4.90 Å². The highest BCUT2D eigenvalue weighted by molar-refractivity contribution is 5.69. The molecule has 3 nitrogen and oxygen atoms in total. The number of aliphatic hydroxyl groups excluding tert-OH is 1. The number of aliphatic hydroxyl groups is 2. The summed E-state index contributed by atoms with van der Waals surface area (Å²) < 4.78 is 13.3. The second kappa shape index (κ2) is 7.10. The Morgan fingerprint density at radius 3 is 2.15 bits per heavy atom. The van der Waals surface area contributed by atoms with Crippen LogP contribution in [-0.4, -0.2) is 40.0 Å². The molecular formula is C22H28FNO2. The molecule has 1 aliphatic heterocycles. The van der Waals surface area contributed by atoms with Crippen LogP contribution in [0.3, 0.4) is 0 Å². The highest BCUT2D eigenvalue weighted by atomic mass is 19.1. The van der Waals surface area contributed by atoms with E-state index >= 15 is 0 Å². The lowest BCUT2D eigenvalue weighted by Crippen LogP contribution is -2.59. The van der Waals surface area contributed by atoms with E-state index < -0.39 is 17.2 Å². The molecular weight excluding hydrogens is 329 g/mol. The first-order valence-corrected chi connectivity index (χ1v) is 9.25. The Morgan fingerprint density at radius 1 is 0.962 bits per heavy atom. The quantitative estimate of drug-likeness (QED) is 0.852. The molecule has 1 aliphatic rings. The second-order valence-corrected chi connectivity index (χ2v) is 7.94. The number of halogens is 1. The van der Waals surface area contributed by atoms with Crippen molar-refractivity contribution in [1.29, 1.82) is 0 Å². The van der Waals surface area contributed by atoms with E-state index in [0.29, 0.717) is 0 Å². The number of hydrogen-bond donors (Lipinski definition) is 2. The van der Waals surface area contributed by atoms with Crippen LogP contribution in [-0.2, 0) is 5.41 Å². The maximum absolute atomic E-state index is 13.3. The Labute approximate surface area is 155 Å². The molecule has 2 N–H and O–H groups in total. The topological polar surface area (TPSA) is 43.7 Å². The van der Waals surface area contributed by atoms with E-state index in [9.17, 15) is 14.6 Å². The van der Waals surface area contributed by atoms with Crippen molar-refractivity contribution >= 4 is 0 Å². The van der Waals surface area contributed by atoms with Crippen LogP contribution in [0, 0.1) is 5.82 Å². The minimum atomic E-state index is -1.35. The molecule has 26 heavy (non-hydrogen) atoms. The van der Waals surface area contributed by atoms with Gasteiger partial charge in [0.25, 0.3) is 0 Å². The molecule has 0 radical (unpaired) electrons. The van der Waals surface area contributed by atoms with Gasteiger partial charge in [0.1, 0.15) is 17.6 Å². The van der Waals surface area contributed by atoms with Gasteiger partial charge in [0, 0.05) is 18.5 Å². The van der Waals surface area contributed by atoms with Crippen LogP contribution in [0.2, 0.25) is 0 Å². The zero-order valence-corrected chi connectivity index (χ0v) is 15.7. The molecule has 0 amide bonds. The van der Waals surface area contributed by atoms with Gasteiger partial charge in [0.15, 0.2) is 0 Å². The van der Waals surface area contributed by atoms with Crippen LogP contribution in [0.15, 0.2) is 48.5 Å². The fourth-order valence-electron chi connectivity index (χ4n) is 3.85. The monoisotopic (exact) mass is 357 g/mol. The summed E-state index contributed by atoms with van der Waals surface area (Å²) in [6.07, 6.45) is 1.14. The summed E-state index contributed by atoms with van der Waals surface area (Å²) in [7, 11) is 0. The van der Waals surface area contributed by atoms with E-state index in [1.807, 2.05) is 43.0 Å². The van der Waals surface area contributed by atoms with Crippen LogP contribution < -0.4 is 0 Å². The third-order valence-electron chi connectivity index (χ3n) is 6.01. The average Bonchev–Trinajstić information content (AvgIpc) is 3.16. The van der Waals surface area contributed by atoms with Gasteiger partial charge >= 0.3 is 0 Å². The van der Waals surface area contributed by atoms with Crippen LogP contribution in [0.25, 0.3) is 11.1 Å². The fourth-order valence-corrected chi connectivity index (χ4v) is 3.85. The molecule has 0 bridgehead atoms. The van der Waals surface area contributed by atoms with Gasteiger partial charge in [-0.3, -0.25) is 4.90 Å². The number of benzene rings is 2. The van der Waals surface area contributed by atoms with Crippen LogP contribution >= 0.6 is 0 Å². The van der Waals surface area contributed by atoms with Gasteiger partial charge in [-0.15, -0.1) is 0 Å². The van der Waals surface area contributed by atoms with Crippen molar-refractivity contribution in [3.8, 4) is 11.1 Å². The molecule has 1 fully saturated rings. The van der Waals surface area contributed by atoms with Crippen LogP contribution in [0.5, 0.6) is 0 Å². The lowest BCUT2D eigenvalue weighted by molar-refractivity contribution is -0.165. The van der Waals surface area contributed by atoms with E-state index in [1.165, 1.54) is 12.1 Å². The van der Waals surface area contributed by atoms with E-state index in [1.54, 1.807) is 19.1 Å². The molecule has 3 rings (SSSR count). The number of rotatable bonds is 5. The third-order valence-corrected chi connectivity index (χ3v) is 6.01. The maximum atomic E-state index is 13.3. The summed E-state index contributed by atoms with van der Waals surface area (Å²) in [4.78, 5) is 1.95. The predicted molar refractivity (Wildman–Crippen MR) is 102 cm³/mol. The molecule has 0 aromatic heterocycles. The standard InChI is InChI=1S/C22H28FNO2/c1-21(2,22(3,26)20(25)24-14-6-7-15-24)19-9-5-4-8-18(19)16-10-12-17(23)13-11-16/h4-5,8-13,20,25-26H,6-7,14-15H2,1-3H3. The first-order valence-electron chi connectivity index (χ1n) is 9.25. The second-order valence-electron chi connectivity index (χ2n) is 7.94. The zero-order chi connectivity index (χ0) is 18.9. The highest BCUT2D eigenvalue weighted by Gasteiger charge is 2.49. The lowest BCUT2D eigenvalue weighted by atomic mass is 9.67. The van der Waals surface area contributed by atoms with Crippen molar-refractivity contribution in [3.63, 3.8) is 0 Å². The van der Waals surface area contributed by atoms with Gasteiger partial charge in [-0.25, -0.2) is 4.39 Å². The fraction of sp³-hybridized carbons (Fsp3) is 0.455. The van der Waals surface area contributed by atoms with Crippen molar-refractivity contribution in [2.75, 3.05) is 13.1 Å². The first kappa shape index (κ1) is 19.0. The van der Waals surface area contributed by atoms with Gasteiger partial charge in [-0.05, 0) is 48.6 Å². The molecule has 2 atom stereocenters. The molecule has 4 heteroatoms. The molecule has 0 aliphatic carbocycles. The summed E-state index contributed by atoms with van der Waals surface area (Å²) >= 11 is 0. The van der Waals surface area contributed by atoms with Gasteiger partial charge in [0.2, 0.25) is 0 Å². The van der Waals surface area contributed by atoms with E-state index in [4.69, 9.17) is 0 Å². The van der Waals surface area contributed by atoms with Gasteiger partial charge in [-0.1, -0.05) is 50.2 Å². The van der Waals surface area contributed by atoms with E-state index in [2.05, 4.69) is 0 Å². The Balaban J connectivity index is 2.02. The lowest BCUT2D eigenvalue weighted by Gasteiger charge is -2.47. The maximum Gasteiger partial charge on any atom is 0.137 e. The summed E-state index contributed by atoms with van der Waals surface area (Å²) in [6.45, 7) is 7.21. The van der Waals surface area contributed by atoms with Crippen molar-refractivity contribution in [3.05, 3.63) is 59.9 Å². The Kier molecular flexibility index (Phi) is 5.20. The van der Waals surface area contributed by atoms with Gasteiger partial charge in [-0.2, -0.15) is 0 Å². The SMILES string of the molecule is CC(C)(c1ccccc1-c1ccc(F)cc1)C(C)(O)C(O)N1CCCC1. The van der Waals surface area contributed by atoms with Crippen molar-refractivity contribution < 1.29 is 14.6 Å². The Bertz CT molecular complexity index is 749. The largest absolute Gasteiger partial charge is 0.385 e. The number of hydrogen-bond acceptors (Lipinski definition) is 3. The number of nitrogens with zero attached hydrogens (tertiary/aromatic N) is 1. The predicted octanol–water partition coefficient (Wildman–Crippen LogP) is 3.94. The van der Waals surface area contributed by atoms with Crippen LogP contribution in [0.1, 0.15) is 39.2 Å². The first-order chi connectivity index (χ1) is 12.2. The average molecular weight is 357 g/mol. The summed E-state index contributed by atoms with van der Waals surface area (Å²) in [5, 5.41) is 22.3. The van der Waals surface area contributed by atoms with E-state index in [0.717, 1.165) is 42.6 Å². The molecule has 2 aromatic carbocycles. The molecule has 1 heterocycles. The van der Waals surface area contributed by atoms with E-state index in [-0.39, 0.29) is 5.82 Å². The zero-order valence-electron chi connectivity index (χ0n) is 15.7. The Hall–Kier alpha value is -1.75. The summed E-state index contributed by atoms with van der Waals surface area (Å²) in [5.41, 5.74) is 0.677. The Morgan fingerprint density at radius 2 is 1.54 bits per heavy atom. The highest BCUT2D eigenvalue weighted by Crippen LogP contribution is 2.42. The minimum absolute atomic E-state index is 0.276. The normalized spacial score (nSPS) is 19.3. The van der Waals surface area contributed by atoms with Crippen molar-refractivity contribution in [2.24, 2.45) is 0 Å². The molecule has 1 saturated heterocycles. The molecule has 140 valence electrons. The third kappa shape index (κ3) is 3.29. The smallest absolute Gasteiger partial charge is 0.137 e. The molecule has 2 aromatic rings. The minimum Gasteiger partial charge on any atom is -0.385 e. The molecule has 2 unspecified atom stereocenters. The van der Waals surface area contributed by atoms with Crippen molar-refractivity contribution in [2.45, 2.75) is 50.9 Å². The van der Waals surface area contributed by atoms with Gasteiger partial charge < -0.3 is 10.2 Å². The molecule has 0 spiro atoms. The molecule has 0 saturated carbocycles. The summed E-state index contributed by atoms with van der Waals surface area (Å²) in [5.74, 6) is -0.276. The summed E-state index contributed by atoms with van der Waals surface area (Å²) in [6, 6.07) is 14.2.